The highest BCUT2D eigenvalue weighted by molar-refractivity contribution is 5.79. The van der Waals surface area contributed by atoms with E-state index in [1.54, 1.807) is 28.4 Å². The van der Waals surface area contributed by atoms with Gasteiger partial charge in [-0.25, -0.2) is 0 Å². The zero-order valence-electron chi connectivity index (χ0n) is 17.6. The Morgan fingerprint density at radius 2 is 1.68 bits per heavy atom. The van der Waals surface area contributed by atoms with Crippen LogP contribution in [-0.2, 0) is 6.54 Å². The van der Waals surface area contributed by atoms with Crippen LogP contribution < -0.4 is 24.8 Å². The Balaban J connectivity index is 2.02. The first-order valence-electron chi connectivity index (χ1n) is 9.32. The molecule has 2 aromatic rings. The van der Waals surface area contributed by atoms with Gasteiger partial charge in [0.05, 0.1) is 33.4 Å². The maximum Gasteiger partial charge on any atom is 0.191 e. The molecule has 0 aliphatic rings. The van der Waals surface area contributed by atoms with Gasteiger partial charge in [-0.05, 0) is 18.4 Å². The maximum atomic E-state index is 5.50. The van der Waals surface area contributed by atoms with Gasteiger partial charge in [0.25, 0.3) is 0 Å². The van der Waals surface area contributed by atoms with Crippen molar-refractivity contribution in [3.05, 3.63) is 53.1 Å². The Kier molecular flexibility index (Phi) is 7.99. The third kappa shape index (κ3) is 5.55. The van der Waals surface area contributed by atoms with Gasteiger partial charge in [-0.2, -0.15) is 0 Å². The second-order valence-electron chi connectivity index (χ2n) is 6.63. The summed E-state index contributed by atoms with van der Waals surface area (Å²) in [7, 11) is 6.64. The van der Waals surface area contributed by atoms with E-state index in [9.17, 15) is 0 Å². The fourth-order valence-electron chi connectivity index (χ4n) is 2.99. The van der Waals surface area contributed by atoms with E-state index < -0.39 is 0 Å². The average Bonchev–Trinajstić information content (AvgIpc) is 2.73. The fourth-order valence-corrected chi connectivity index (χ4v) is 2.99. The van der Waals surface area contributed by atoms with E-state index in [2.05, 4.69) is 53.7 Å². The number of aliphatic imine (C=N–C) groups is 1. The third-order valence-electron chi connectivity index (χ3n) is 4.66. The molecule has 0 aromatic heterocycles. The first-order valence-corrected chi connectivity index (χ1v) is 9.32. The zero-order valence-corrected chi connectivity index (χ0v) is 17.6. The number of nitrogens with zero attached hydrogens (tertiary/aromatic N) is 1. The monoisotopic (exact) mass is 385 g/mol. The molecule has 2 N–H and O–H groups in total. The Labute approximate surface area is 167 Å². The van der Waals surface area contributed by atoms with E-state index >= 15 is 0 Å². The van der Waals surface area contributed by atoms with Crippen LogP contribution in [0, 0.1) is 6.92 Å². The normalized spacial score (nSPS) is 12.3. The Hall–Kier alpha value is -2.89. The van der Waals surface area contributed by atoms with Crippen LogP contribution in [0.25, 0.3) is 0 Å². The number of hydrogen-bond acceptors (Lipinski definition) is 4. The van der Waals surface area contributed by atoms with Crippen molar-refractivity contribution in [3.8, 4) is 17.2 Å². The fraction of sp³-hybridized carbons (Fsp3) is 0.409. The summed E-state index contributed by atoms with van der Waals surface area (Å²) in [6, 6.07) is 12.3. The smallest absolute Gasteiger partial charge is 0.191 e. The molecule has 6 nitrogen and oxygen atoms in total. The van der Waals surface area contributed by atoms with E-state index in [1.807, 2.05) is 12.1 Å². The number of rotatable bonds is 8. The summed E-state index contributed by atoms with van der Waals surface area (Å²) in [5.41, 5.74) is 3.48. The minimum absolute atomic E-state index is 0.364. The molecule has 0 aliphatic carbocycles. The Morgan fingerprint density at radius 1 is 1.00 bits per heavy atom. The van der Waals surface area contributed by atoms with Crippen LogP contribution in [0.2, 0.25) is 0 Å². The lowest BCUT2D eigenvalue weighted by Gasteiger charge is -2.19. The summed E-state index contributed by atoms with van der Waals surface area (Å²) < 4.78 is 16.3. The number of ether oxygens (including phenoxy) is 3. The molecule has 0 saturated carbocycles. The highest BCUT2D eigenvalue weighted by Crippen LogP contribution is 2.33. The quantitative estimate of drug-likeness (QED) is 0.538. The summed E-state index contributed by atoms with van der Waals surface area (Å²) in [6.07, 6.45) is 0. The Bertz CT molecular complexity index is 780. The molecule has 0 saturated heterocycles. The summed E-state index contributed by atoms with van der Waals surface area (Å²) >= 11 is 0. The highest BCUT2D eigenvalue weighted by atomic mass is 16.5. The lowest BCUT2D eigenvalue weighted by molar-refractivity contribution is 0.368. The molecule has 152 valence electrons. The van der Waals surface area contributed by atoms with Crippen LogP contribution in [0.15, 0.2) is 41.4 Å². The number of benzene rings is 2. The second kappa shape index (κ2) is 10.4. The first kappa shape index (κ1) is 21.4. The lowest BCUT2D eigenvalue weighted by Crippen LogP contribution is -2.38. The average molecular weight is 386 g/mol. The summed E-state index contributed by atoms with van der Waals surface area (Å²) in [6.45, 7) is 5.60. The van der Waals surface area contributed by atoms with Crippen LogP contribution in [0.1, 0.15) is 29.5 Å². The van der Waals surface area contributed by atoms with Crippen LogP contribution >= 0.6 is 0 Å². The molecule has 1 atom stereocenters. The predicted octanol–water partition coefficient (Wildman–Crippen LogP) is 3.49. The molecule has 0 bridgehead atoms. The summed E-state index contributed by atoms with van der Waals surface area (Å²) in [5, 5.41) is 6.72. The van der Waals surface area contributed by atoms with Crippen molar-refractivity contribution in [2.24, 2.45) is 4.99 Å². The summed E-state index contributed by atoms with van der Waals surface area (Å²) in [4.78, 5) is 4.32. The van der Waals surface area contributed by atoms with Gasteiger partial charge in [0.1, 0.15) is 17.2 Å². The molecule has 0 spiro atoms. The third-order valence-corrected chi connectivity index (χ3v) is 4.66. The van der Waals surface area contributed by atoms with E-state index in [0.717, 1.165) is 18.1 Å². The van der Waals surface area contributed by atoms with Crippen LogP contribution in [0.3, 0.4) is 0 Å². The Morgan fingerprint density at radius 3 is 2.21 bits per heavy atom. The van der Waals surface area contributed by atoms with Gasteiger partial charge in [0.2, 0.25) is 0 Å². The van der Waals surface area contributed by atoms with E-state index in [-0.39, 0.29) is 0 Å². The van der Waals surface area contributed by atoms with Crippen molar-refractivity contribution in [3.63, 3.8) is 0 Å². The van der Waals surface area contributed by atoms with Crippen molar-refractivity contribution in [1.82, 2.24) is 10.6 Å². The number of guanidine groups is 1. The molecule has 2 aromatic carbocycles. The summed E-state index contributed by atoms with van der Waals surface area (Å²) in [5.74, 6) is 3.18. The minimum Gasteiger partial charge on any atom is -0.496 e. The molecule has 0 aliphatic heterocycles. The molecule has 2 rings (SSSR count). The molecular formula is C22H31N3O3. The van der Waals surface area contributed by atoms with E-state index in [0.29, 0.717) is 29.7 Å². The van der Waals surface area contributed by atoms with E-state index in [4.69, 9.17) is 14.2 Å². The number of aryl methyl sites for hydroxylation is 1. The second-order valence-corrected chi connectivity index (χ2v) is 6.63. The van der Waals surface area contributed by atoms with Gasteiger partial charge < -0.3 is 24.8 Å². The molecule has 0 amide bonds. The topological polar surface area (TPSA) is 64.1 Å². The molecule has 0 fully saturated rings. The first-order chi connectivity index (χ1) is 13.5. The number of nitrogens with one attached hydrogen (secondary N) is 2. The maximum absolute atomic E-state index is 5.50. The molecule has 6 heteroatoms. The molecule has 0 heterocycles. The number of methoxy groups -OCH3 is 3. The lowest BCUT2D eigenvalue weighted by atomic mass is 9.99. The van der Waals surface area contributed by atoms with Crippen LogP contribution in [-0.4, -0.2) is 40.9 Å². The van der Waals surface area contributed by atoms with Crippen LogP contribution in [0.5, 0.6) is 17.2 Å². The van der Waals surface area contributed by atoms with E-state index in [1.165, 1.54) is 11.1 Å². The predicted molar refractivity (Wildman–Crippen MR) is 114 cm³/mol. The van der Waals surface area contributed by atoms with Crippen LogP contribution in [0.4, 0.5) is 0 Å². The molecule has 1 unspecified atom stereocenters. The van der Waals surface area contributed by atoms with Crippen molar-refractivity contribution in [1.29, 1.82) is 0 Å². The molecular weight excluding hydrogens is 354 g/mol. The largest absolute Gasteiger partial charge is 0.496 e. The van der Waals surface area contributed by atoms with Crippen molar-refractivity contribution in [2.75, 3.05) is 34.9 Å². The zero-order chi connectivity index (χ0) is 20.5. The van der Waals surface area contributed by atoms with Crippen molar-refractivity contribution in [2.45, 2.75) is 26.3 Å². The number of hydrogen-bond donors (Lipinski definition) is 2. The standard InChI is InChI=1S/C22H31N3O3/c1-15-8-7-9-17(10-15)16(2)13-24-22(23-3)25-14-19-20(27-5)11-18(26-4)12-21(19)28-6/h7-12,16H,13-14H2,1-6H3,(H2,23,24,25). The van der Waals surface area contributed by atoms with Crippen molar-refractivity contribution < 1.29 is 14.2 Å². The van der Waals surface area contributed by atoms with Gasteiger partial charge >= 0.3 is 0 Å². The van der Waals surface area contributed by atoms with Crippen molar-refractivity contribution >= 4 is 5.96 Å². The molecule has 0 radical (unpaired) electrons. The molecule has 28 heavy (non-hydrogen) atoms. The van der Waals surface area contributed by atoms with Gasteiger partial charge in [-0.3, -0.25) is 4.99 Å². The minimum atomic E-state index is 0.364. The van der Waals surface area contributed by atoms with Gasteiger partial charge in [0.15, 0.2) is 5.96 Å². The highest BCUT2D eigenvalue weighted by Gasteiger charge is 2.14. The van der Waals surface area contributed by atoms with Gasteiger partial charge in [0, 0.05) is 25.7 Å². The van der Waals surface area contributed by atoms with Gasteiger partial charge in [-0.1, -0.05) is 36.8 Å². The SMILES string of the molecule is CN=C(NCc1c(OC)cc(OC)cc1OC)NCC(C)c1cccc(C)c1. The van der Waals surface area contributed by atoms with Gasteiger partial charge in [-0.15, -0.1) is 0 Å².